The molecule has 1 aliphatic carbocycles. The Hall–Kier alpha value is -3.22. The highest BCUT2D eigenvalue weighted by atomic mass is 16.5. The highest BCUT2D eigenvalue weighted by Gasteiger charge is 2.28. The first-order valence-electron chi connectivity index (χ1n) is 8.92. The summed E-state index contributed by atoms with van der Waals surface area (Å²) < 4.78 is 10.2. The van der Waals surface area contributed by atoms with Crippen molar-refractivity contribution in [2.45, 2.75) is 32.6 Å². The minimum atomic E-state index is -0.389. The number of hydrogen-bond donors (Lipinski definition) is 1. The third kappa shape index (κ3) is 3.40. The molecule has 7 nitrogen and oxygen atoms in total. The van der Waals surface area contributed by atoms with Gasteiger partial charge < -0.3 is 14.6 Å². The Balaban J connectivity index is 1.61. The molecular formula is C20H19N3O4. The van der Waals surface area contributed by atoms with Crippen LogP contribution in [0.3, 0.4) is 0 Å². The summed E-state index contributed by atoms with van der Waals surface area (Å²) in [5.41, 5.74) is 3.39. The first kappa shape index (κ1) is 17.2. The molecule has 2 aromatic heterocycles. The van der Waals surface area contributed by atoms with Crippen LogP contribution in [0.4, 0.5) is 5.69 Å². The highest BCUT2D eigenvalue weighted by molar-refractivity contribution is 6.12. The minimum absolute atomic E-state index is 0.264. The summed E-state index contributed by atoms with van der Waals surface area (Å²) in [5, 5.41) is 7.44. The van der Waals surface area contributed by atoms with Gasteiger partial charge in [0, 0.05) is 17.3 Å². The van der Waals surface area contributed by atoms with Gasteiger partial charge in [-0.15, -0.1) is 0 Å². The standard InChI is InChI=1S/C20H19N3O4/c1-3-26-20(25)13-6-8-14(9-7-13)21-18(24)15-10-16(12-4-5-12)22-19-17(15)11(2)23-27-19/h6-10,12H,3-5H2,1-2H3,(H,21,24). The van der Waals surface area contributed by atoms with Crippen LogP contribution in [0.5, 0.6) is 0 Å². The molecule has 1 N–H and O–H groups in total. The molecule has 0 radical (unpaired) electrons. The van der Waals surface area contributed by atoms with Crippen molar-refractivity contribution < 1.29 is 18.8 Å². The van der Waals surface area contributed by atoms with Crippen LogP contribution in [0.2, 0.25) is 0 Å². The summed E-state index contributed by atoms with van der Waals surface area (Å²) in [6.07, 6.45) is 2.14. The Morgan fingerprint density at radius 3 is 2.67 bits per heavy atom. The van der Waals surface area contributed by atoms with Gasteiger partial charge in [-0.25, -0.2) is 9.78 Å². The number of esters is 1. The predicted octanol–water partition coefficient (Wildman–Crippen LogP) is 3.84. The van der Waals surface area contributed by atoms with Crippen LogP contribution in [0.15, 0.2) is 34.9 Å². The van der Waals surface area contributed by atoms with Crippen molar-refractivity contribution >= 4 is 28.7 Å². The zero-order chi connectivity index (χ0) is 19.0. The third-order valence-electron chi connectivity index (χ3n) is 4.53. The van der Waals surface area contributed by atoms with Gasteiger partial charge in [0.15, 0.2) is 0 Å². The van der Waals surface area contributed by atoms with E-state index in [9.17, 15) is 9.59 Å². The van der Waals surface area contributed by atoms with Crippen LogP contribution in [0.1, 0.15) is 57.8 Å². The smallest absolute Gasteiger partial charge is 0.338 e. The fourth-order valence-corrected chi connectivity index (χ4v) is 2.98. The van der Waals surface area contributed by atoms with Crippen molar-refractivity contribution in [1.29, 1.82) is 0 Å². The molecule has 0 bridgehead atoms. The average molecular weight is 365 g/mol. The summed E-state index contributed by atoms with van der Waals surface area (Å²) in [7, 11) is 0. The highest BCUT2D eigenvalue weighted by Crippen LogP contribution is 2.40. The zero-order valence-electron chi connectivity index (χ0n) is 15.1. The number of pyridine rings is 1. The average Bonchev–Trinajstić information content (AvgIpc) is 3.45. The van der Waals surface area contributed by atoms with Crippen LogP contribution in [-0.4, -0.2) is 28.6 Å². The Morgan fingerprint density at radius 2 is 2.00 bits per heavy atom. The quantitative estimate of drug-likeness (QED) is 0.691. The number of ether oxygens (including phenoxy) is 1. The maximum atomic E-state index is 12.9. The van der Waals surface area contributed by atoms with Crippen molar-refractivity contribution in [2.24, 2.45) is 0 Å². The number of anilines is 1. The summed E-state index contributed by atoms with van der Waals surface area (Å²) in [4.78, 5) is 29.1. The number of amides is 1. The number of nitrogens with zero attached hydrogens (tertiary/aromatic N) is 2. The molecular weight excluding hydrogens is 346 g/mol. The van der Waals surface area contributed by atoms with Crippen molar-refractivity contribution in [2.75, 3.05) is 11.9 Å². The van der Waals surface area contributed by atoms with E-state index in [-0.39, 0.29) is 11.9 Å². The molecule has 0 spiro atoms. The second kappa shape index (κ2) is 6.83. The topological polar surface area (TPSA) is 94.3 Å². The SMILES string of the molecule is CCOC(=O)c1ccc(NC(=O)c2cc(C3CC3)nc3onc(C)c23)cc1. The van der Waals surface area contributed by atoms with E-state index in [1.54, 1.807) is 38.1 Å². The molecule has 4 rings (SSSR count). The molecule has 0 atom stereocenters. The monoisotopic (exact) mass is 365 g/mol. The normalized spacial score (nSPS) is 13.6. The number of aryl methyl sites for hydroxylation is 1. The molecule has 1 aliphatic rings. The van der Waals surface area contributed by atoms with Gasteiger partial charge in [0.05, 0.1) is 28.8 Å². The van der Waals surface area contributed by atoms with E-state index in [0.29, 0.717) is 46.1 Å². The molecule has 1 saturated carbocycles. The van der Waals surface area contributed by atoms with Gasteiger partial charge in [-0.2, -0.15) is 0 Å². The first-order valence-corrected chi connectivity index (χ1v) is 8.92. The van der Waals surface area contributed by atoms with E-state index >= 15 is 0 Å². The second-order valence-electron chi connectivity index (χ2n) is 6.57. The van der Waals surface area contributed by atoms with Crippen molar-refractivity contribution in [3.05, 3.63) is 52.8 Å². The van der Waals surface area contributed by atoms with Crippen molar-refractivity contribution in [1.82, 2.24) is 10.1 Å². The van der Waals surface area contributed by atoms with Gasteiger partial charge in [0.2, 0.25) is 0 Å². The van der Waals surface area contributed by atoms with E-state index in [0.717, 1.165) is 18.5 Å². The van der Waals surface area contributed by atoms with E-state index in [2.05, 4.69) is 15.5 Å². The van der Waals surface area contributed by atoms with Crippen LogP contribution in [-0.2, 0) is 4.74 Å². The van der Waals surface area contributed by atoms with Crippen LogP contribution < -0.4 is 5.32 Å². The van der Waals surface area contributed by atoms with Gasteiger partial charge in [0.1, 0.15) is 0 Å². The Morgan fingerprint density at radius 1 is 1.26 bits per heavy atom. The number of hydrogen-bond acceptors (Lipinski definition) is 6. The first-order chi connectivity index (χ1) is 13.1. The van der Waals surface area contributed by atoms with Crippen LogP contribution in [0, 0.1) is 6.92 Å². The number of carbonyl (C=O) groups is 2. The molecule has 2 heterocycles. The molecule has 1 fully saturated rings. The zero-order valence-corrected chi connectivity index (χ0v) is 15.1. The van der Waals surface area contributed by atoms with Crippen molar-refractivity contribution in [3.63, 3.8) is 0 Å². The van der Waals surface area contributed by atoms with E-state index in [4.69, 9.17) is 9.26 Å². The molecule has 7 heteroatoms. The van der Waals surface area contributed by atoms with Crippen molar-refractivity contribution in [3.8, 4) is 0 Å². The van der Waals surface area contributed by atoms with Gasteiger partial charge in [-0.1, -0.05) is 5.16 Å². The Bertz CT molecular complexity index is 1020. The summed E-state index contributed by atoms with van der Waals surface area (Å²) in [5.74, 6) is -0.268. The summed E-state index contributed by atoms with van der Waals surface area (Å²) >= 11 is 0. The molecule has 3 aromatic rings. The summed E-state index contributed by atoms with van der Waals surface area (Å²) in [6.45, 7) is 3.86. The Labute approximate surface area is 155 Å². The fourth-order valence-electron chi connectivity index (χ4n) is 2.98. The second-order valence-corrected chi connectivity index (χ2v) is 6.57. The fraction of sp³-hybridized carbons (Fsp3) is 0.300. The predicted molar refractivity (Wildman–Crippen MR) is 98.9 cm³/mol. The lowest BCUT2D eigenvalue weighted by Gasteiger charge is -2.08. The maximum Gasteiger partial charge on any atom is 0.338 e. The van der Waals surface area contributed by atoms with Crippen LogP contribution >= 0.6 is 0 Å². The lowest BCUT2D eigenvalue weighted by Crippen LogP contribution is -2.14. The largest absolute Gasteiger partial charge is 0.462 e. The third-order valence-corrected chi connectivity index (χ3v) is 4.53. The molecule has 1 aromatic carbocycles. The number of nitrogens with one attached hydrogen (secondary N) is 1. The number of carbonyl (C=O) groups excluding carboxylic acids is 2. The minimum Gasteiger partial charge on any atom is -0.462 e. The number of fused-ring (bicyclic) bond motifs is 1. The van der Waals surface area contributed by atoms with E-state index in [1.165, 1.54) is 0 Å². The molecule has 0 saturated heterocycles. The summed E-state index contributed by atoms with van der Waals surface area (Å²) in [6, 6.07) is 8.41. The van der Waals surface area contributed by atoms with Crippen LogP contribution in [0.25, 0.3) is 11.1 Å². The number of rotatable bonds is 5. The van der Waals surface area contributed by atoms with Gasteiger partial charge >= 0.3 is 5.97 Å². The molecule has 138 valence electrons. The van der Waals surface area contributed by atoms with Gasteiger partial charge in [0.25, 0.3) is 11.6 Å². The van der Waals surface area contributed by atoms with E-state index < -0.39 is 0 Å². The lowest BCUT2D eigenvalue weighted by molar-refractivity contribution is 0.0526. The molecule has 0 aliphatic heterocycles. The maximum absolute atomic E-state index is 12.9. The number of benzene rings is 1. The lowest BCUT2D eigenvalue weighted by atomic mass is 10.1. The Kier molecular flexibility index (Phi) is 4.35. The van der Waals surface area contributed by atoms with Gasteiger partial charge in [-0.3, -0.25) is 4.79 Å². The van der Waals surface area contributed by atoms with E-state index in [1.807, 2.05) is 6.07 Å². The molecule has 1 amide bonds. The number of aromatic nitrogens is 2. The molecule has 0 unspecified atom stereocenters. The van der Waals surface area contributed by atoms with Gasteiger partial charge in [-0.05, 0) is 57.0 Å². The molecule has 27 heavy (non-hydrogen) atoms.